The Balaban J connectivity index is 0.00000182. The number of rotatable bonds is 6. The van der Waals surface area contributed by atoms with Gasteiger partial charge in [0.2, 0.25) is 0 Å². The molecular weight excluding hydrogens is 383 g/mol. The zero-order chi connectivity index (χ0) is 17.9. The van der Waals surface area contributed by atoms with E-state index in [1.54, 1.807) is 0 Å². The Bertz CT molecular complexity index is 600. The molecule has 27 heavy (non-hydrogen) atoms. The summed E-state index contributed by atoms with van der Waals surface area (Å²) in [5.41, 5.74) is 2.50. The van der Waals surface area contributed by atoms with Crippen molar-refractivity contribution in [3.63, 3.8) is 0 Å². The molecule has 1 atom stereocenters. The average molecular weight is 417 g/mol. The summed E-state index contributed by atoms with van der Waals surface area (Å²) in [5.74, 6) is 0.0341. The first-order chi connectivity index (χ1) is 12.1. The van der Waals surface area contributed by atoms with Crippen LogP contribution in [-0.4, -0.2) is 49.7 Å². The smallest absolute Gasteiger partial charge is 0.312 e. The van der Waals surface area contributed by atoms with Crippen molar-refractivity contribution >= 4 is 36.5 Å². The van der Waals surface area contributed by atoms with Gasteiger partial charge in [-0.2, -0.15) is 0 Å². The fraction of sp³-hybridized carbons (Fsp3) is 0.667. The fourth-order valence-corrected chi connectivity index (χ4v) is 4.28. The number of carbonyl (C=O) groups excluding carboxylic acids is 1. The Kier molecular flexibility index (Phi) is 9.40. The van der Waals surface area contributed by atoms with Gasteiger partial charge in [0.05, 0.1) is 5.41 Å². The van der Waals surface area contributed by atoms with Crippen LogP contribution in [-0.2, 0) is 9.53 Å². The molecule has 2 aliphatic heterocycles. The van der Waals surface area contributed by atoms with Gasteiger partial charge >= 0.3 is 5.97 Å². The number of nitrogens with zero attached hydrogens (tertiary/aromatic N) is 2. The quantitative estimate of drug-likeness (QED) is 0.640. The van der Waals surface area contributed by atoms with Crippen molar-refractivity contribution < 1.29 is 9.53 Å². The topological polar surface area (TPSA) is 32.8 Å². The minimum Gasteiger partial charge on any atom is -0.462 e. The van der Waals surface area contributed by atoms with Crippen molar-refractivity contribution in [1.82, 2.24) is 4.90 Å². The zero-order valence-corrected chi connectivity index (χ0v) is 18.4. The van der Waals surface area contributed by atoms with E-state index in [-0.39, 0.29) is 42.3 Å². The number of aryl methyl sites for hydroxylation is 1. The number of benzene rings is 1. The van der Waals surface area contributed by atoms with Crippen LogP contribution in [0.25, 0.3) is 0 Å². The molecule has 4 nitrogen and oxygen atoms in total. The molecule has 0 saturated carbocycles. The normalized spacial score (nSPS) is 22.0. The number of carbonyl (C=O) groups is 1. The van der Waals surface area contributed by atoms with Crippen molar-refractivity contribution in [3.8, 4) is 0 Å². The Hall–Kier alpha value is -0.970. The SMILES string of the molecule is CCC1(CC)CC(CCN2CCN(c3ccccc3C)CC2)OC1=O.Cl.Cl. The summed E-state index contributed by atoms with van der Waals surface area (Å²) in [4.78, 5) is 17.2. The van der Waals surface area contributed by atoms with Gasteiger partial charge in [-0.3, -0.25) is 9.69 Å². The monoisotopic (exact) mass is 416 g/mol. The molecule has 1 aromatic rings. The van der Waals surface area contributed by atoms with Crippen molar-refractivity contribution in [3.05, 3.63) is 29.8 Å². The van der Waals surface area contributed by atoms with Crippen molar-refractivity contribution in [2.75, 3.05) is 37.6 Å². The first-order valence-corrected chi connectivity index (χ1v) is 9.82. The third-order valence-electron chi connectivity index (χ3n) is 6.27. The second kappa shape index (κ2) is 10.5. The lowest BCUT2D eigenvalue weighted by Crippen LogP contribution is -2.47. The maximum atomic E-state index is 12.2. The molecule has 0 radical (unpaired) electrons. The highest BCUT2D eigenvalue weighted by Crippen LogP contribution is 2.41. The second-order valence-electron chi connectivity index (χ2n) is 7.62. The summed E-state index contributed by atoms with van der Waals surface area (Å²) in [7, 11) is 0. The van der Waals surface area contributed by atoms with Crippen LogP contribution >= 0.6 is 24.8 Å². The predicted octanol–water partition coefficient (Wildman–Crippen LogP) is 4.47. The number of esters is 1. The second-order valence-corrected chi connectivity index (χ2v) is 7.62. The van der Waals surface area contributed by atoms with Gasteiger partial charge in [-0.1, -0.05) is 32.0 Å². The zero-order valence-electron chi connectivity index (χ0n) is 16.8. The van der Waals surface area contributed by atoms with Gasteiger partial charge in [-0.05, 0) is 37.8 Å². The lowest BCUT2D eigenvalue weighted by atomic mass is 9.79. The number of hydrogen-bond donors (Lipinski definition) is 0. The van der Waals surface area contributed by atoms with Crippen LogP contribution < -0.4 is 4.90 Å². The number of halogens is 2. The standard InChI is InChI=1S/C21H32N2O2.2ClH/c1-4-21(5-2)16-18(25-20(21)24)10-11-22-12-14-23(15-13-22)19-9-7-6-8-17(19)3;;/h6-9,18H,4-5,10-16H2,1-3H3;2*1H. The molecule has 0 aromatic heterocycles. The molecule has 154 valence electrons. The summed E-state index contributed by atoms with van der Waals surface area (Å²) >= 11 is 0. The molecule has 2 aliphatic rings. The van der Waals surface area contributed by atoms with Crippen LogP contribution in [0.2, 0.25) is 0 Å². The van der Waals surface area contributed by atoms with E-state index in [1.807, 2.05) is 0 Å². The van der Waals surface area contributed by atoms with Gasteiger partial charge in [-0.15, -0.1) is 24.8 Å². The van der Waals surface area contributed by atoms with E-state index in [9.17, 15) is 4.79 Å². The van der Waals surface area contributed by atoms with E-state index in [0.717, 1.165) is 58.4 Å². The molecule has 0 amide bonds. The Labute approximate surface area is 176 Å². The Morgan fingerprint density at radius 3 is 2.26 bits per heavy atom. The van der Waals surface area contributed by atoms with Gasteiger partial charge in [0.15, 0.2) is 0 Å². The molecule has 0 bridgehead atoms. The molecule has 6 heteroatoms. The molecule has 2 heterocycles. The van der Waals surface area contributed by atoms with E-state index in [4.69, 9.17) is 4.74 Å². The number of ether oxygens (including phenoxy) is 1. The van der Waals surface area contributed by atoms with Crippen molar-refractivity contribution in [2.24, 2.45) is 5.41 Å². The molecule has 1 unspecified atom stereocenters. The highest BCUT2D eigenvalue weighted by atomic mass is 35.5. The Morgan fingerprint density at radius 2 is 1.70 bits per heavy atom. The van der Waals surface area contributed by atoms with E-state index < -0.39 is 0 Å². The predicted molar refractivity (Wildman–Crippen MR) is 116 cm³/mol. The highest BCUT2D eigenvalue weighted by Gasteiger charge is 2.46. The first kappa shape index (κ1) is 24.1. The molecule has 1 aromatic carbocycles. The van der Waals surface area contributed by atoms with Gasteiger partial charge in [0, 0.05) is 44.8 Å². The van der Waals surface area contributed by atoms with Crippen LogP contribution in [0.5, 0.6) is 0 Å². The number of para-hydroxylation sites is 1. The molecule has 2 saturated heterocycles. The van der Waals surface area contributed by atoms with Crippen LogP contribution in [0.3, 0.4) is 0 Å². The number of anilines is 1. The molecule has 0 aliphatic carbocycles. The lowest BCUT2D eigenvalue weighted by Gasteiger charge is -2.37. The van der Waals surface area contributed by atoms with E-state index in [2.05, 4.69) is 54.8 Å². The van der Waals surface area contributed by atoms with Gasteiger partial charge in [0.1, 0.15) is 6.10 Å². The number of hydrogen-bond acceptors (Lipinski definition) is 4. The van der Waals surface area contributed by atoms with Crippen LogP contribution in [0.1, 0.15) is 45.1 Å². The van der Waals surface area contributed by atoms with E-state index >= 15 is 0 Å². The van der Waals surface area contributed by atoms with E-state index in [1.165, 1.54) is 11.3 Å². The summed E-state index contributed by atoms with van der Waals surface area (Å²) in [6, 6.07) is 8.63. The largest absolute Gasteiger partial charge is 0.462 e. The van der Waals surface area contributed by atoms with E-state index in [0.29, 0.717) is 0 Å². The lowest BCUT2D eigenvalue weighted by molar-refractivity contribution is -0.149. The van der Waals surface area contributed by atoms with Crippen LogP contribution in [0.4, 0.5) is 5.69 Å². The minimum atomic E-state index is -0.214. The average Bonchev–Trinajstić information content (AvgIpc) is 2.97. The third-order valence-corrected chi connectivity index (χ3v) is 6.27. The summed E-state index contributed by atoms with van der Waals surface area (Å²) < 4.78 is 5.68. The molecule has 0 N–H and O–H groups in total. The van der Waals surface area contributed by atoms with Crippen LogP contribution in [0, 0.1) is 12.3 Å². The highest BCUT2D eigenvalue weighted by molar-refractivity contribution is 5.85. The minimum absolute atomic E-state index is 0. The number of cyclic esters (lactones) is 1. The fourth-order valence-electron chi connectivity index (χ4n) is 4.28. The van der Waals surface area contributed by atoms with Gasteiger partial charge in [0.25, 0.3) is 0 Å². The molecular formula is C21H34Cl2N2O2. The molecule has 2 fully saturated rings. The summed E-state index contributed by atoms with van der Waals surface area (Å²) in [6.07, 6.45) is 3.78. The van der Waals surface area contributed by atoms with Crippen LogP contribution in [0.15, 0.2) is 24.3 Å². The van der Waals surface area contributed by atoms with Gasteiger partial charge < -0.3 is 9.64 Å². The maximum Gasteiger partial charge on any atom is 0.312 e. The first-order valence-electron chi connectivity index (χ1n) is 9.82. The summed E-state index contributed by atoms with van der Waals surface area (Å²) in [6.45, 7) is 11.7. The van der Waals surface area contributed by atoms with Gasteiger partial charge in [-0.25, -0.2) is 0 Å². The maximum absolute atomic E-state index is 12.2. The third kappa shape index (κ3) is 5.30. The molecule has 0 spiro atoms. The van der Waals surface area contributed by atoms with Crippen molar-refractivity contribution in [1.29, 1.82) is 0 Å². The molecule has 3 rings (SSSR count). The van der Waals surface area contributed by atoms with Crippen molar-refractivity contribution in [2.45, 2.75) is 52.6 Å². The Morgan fingerprint density at radius 1 is 1.07 bits per heavy atom. The summed E-state index contributed by atoms with van der Waals surface area (Å²) in [5, 5.41) is 0. The number of piperazine rings is 1.